The third-order valence-electron chi connectivity index (χ3n) is 2.84. The van der Waals surface area contributed by atoms with Gasteiger partial charge in [-0.2, -0.15) is 0 Å². The minimum atomic E-state index is -3.26. The van der Waals surface area contributed by atoms with Crippen molar-refractivity contribution in [3.05, 3.63) is 30.1 Å². The van der Waals surface area contributed by atoms with Crippen molar-refractivity contribution in [1.29, 1.82) is 0 Å². The van der Waals surface area contributed by atoms with Crippen LogP contribution in [0.1, 0.15) is 26.5 Å². The fourth-order valence-corrected chi connectivity index (χ4v) is 3.08. The first-order valence-corrected chi connectivity index (χ1v) is 9.52. The number of nitrogens with one attached hydrogen (secondary N) is 3. The molecular weight excluding hydrogens is 441 g/mol. The predicted molar refractivity (Wildman–Crippen MR) is 109 cm³/mol. The molecule has 138 valence electrons. The van der Waals surface area contributed by atoms with Crippen LogP contribution in [0, 0.1) is 0 Å². The molecule has 24 heavy (non-hydrogen) atoms. The molecule has 0 saturated carbocycles. The van der Waals surface area contributed by atoms with Gasteiger partial charge in [-0.15, -0.1) is 24.0 Å². The highest BCUT2D eigenvalue weighted by Gasteiger charge is 2.21. The SMILES string of the molecule is CCNC(=NCC(C)(C)NS(C)(=O)=O)NCCc1ccccn1.I. The van der Waals surface area contributed by atoms with Gasteiger partial charge in [0.15, 0.2) is 5.96 Å². The van der Waals surface area contributed by atoms with Crippen LogP contribution in [-0.4, -0.2) is 50.8 Å². The molecule has 0 unspecified atom stereocenters. The first-order chi connectivity index (χ1) is 10.7. The van der Waals surface area contributed by atoms with Crippen molar-refractivity contribution in [1.82, 2.24) is 20.3 Å². The fraction of sp³-hybridized carbons (Fsp3) is 0.600. The van der Waals surface area contributed by atoms with Crippen molar-refractivity contribution < 1.29 is 8.42 Å². The first-order valence-electron chi connectivity index (χ1n) is 7.63. The second-order valence-electron chi connectivity index (χ2n) is 5.95. The van der Waals surface area contributed by atoms with Gasteiger partial charge < -0.3 is 10.6 Å². The van der Waals surface area contributed by atoms with Gasteiger partial charge in [0.25, 0.3) is 0 Å². The van der Waals surface area contributed by atoms with Crippen molar-refractivity contribution in [2.24, 2.45) is 4.99 Å². The van der Waals surface area contributed by atoms with Crippen LogP contribution in [0.2, 0.25) is 0 Å². The van der Waals surface area contributed by atoms with Crippen LogP contribution in [0.15, 0.2) is 29.4 Å². The van der Waals surface area contributed by atoms with E-state index in [0.717, 1.165) is 24.9 Å². The topological polar surface area (TPSA) is 95.5 Å². The lowest BCUT2D eigenvalue weighted by molar-refractivity contribution is 0.464. The third kappa shape index (κ3) is 10.8. The maximum absolute atomic E-state index is 11.3. The van der Waals surface area contributed by atoms with Gasteiger partial charge in [-0.3, -0.25) is 9.98 Å². The van der Waals surface area contributed by atoms with Gasteiger partial charge >= 0.3 is 0 Å². The number of aliphatic imine (C=N–C) groups is 1. The van der Waals surface area contributed by atoms with Crippen LogP contribution in [0.25, 0.3) is 0 Å². The first kappa shape index (κ1) is 23.1. The van der Waals surface area contributed by atoms with Gasteiger partial charge in [-0.05, 0) is 32.9 Å². The Morgan fingerprint density at radius 1 is 1.29 bits per heavy atom. The van der Waals surface area contributed by atoms with Gasteiger partial charge in [-0.25, -0.2) is 13.1 Å². The highest BCUT2D eigenvalue weighted by molar-refractivity contribution is 14.0. The molecule has 0 radical (unpaired) electrons. The van der Waals surface area contributed by atoms with Gasteiger partial charge in [0.2, 0.25) is 10.0 Å². The van der Waals surface area contributed by atoms with Crippen LogP contribution in [0.5, 0.6) is 0 Å². The number of rotatable bonds is 8. The summed E-state index contributed by atoms with van der Waals surface area (Å²) in [5, 5.41) is 6.37. The third-order valence-corrected chi connectivity index (χ3v) is 3.76. The van der Waals surface area contributed by atoms with E-state index in [4.69, 9.17) is 0 Å². The van der Waals surface area contributed by atoms with E-state index in [2.05, 4.69) is 25.3 Å². The van der Waals surface area contributed by atoms with Gasteiger partial charge in [0, 0.05) is 36.9 Å². The van der Waals surface area contributed by atoms with E-state index in [-0.39, 0.29) is 24.0 Å². The van der Waals surface area contributed by atoms with Gasteiger partial charge in [-0.1, -0.05) is 6.07 Å². The molecule has 0 aliphatic heterocycles. The van der Waals surface area contributed by atoms with E-state index < -0.39 is 15.6 Å². The zero-order chi connectivity index (χ0) is 17.3. The van der Waals surface area contributed by atoms with Crippen molar-refractivity contribution in [3.8, 4) is 0 Å². The van der Waals surface area contributed by atoms with Crippen LogP contribution in [0.3, 0.4) is 0 Å². The number of hydrogen-bond donors (Lipinski definition) is 3. The van der Waals surface area contributed by atoms with Gasteiger partial charge in [0.05, 0.1) is 12.8 Å². The molecule has 0 saturated heterocycles. The lowest BCUT2D eigenvalue weighted by Gasteiger charge is -2.23. The van der Waals surface area contributed by atoms with E-state index in [9.17, 15) is 8.42 Å². The minimum Gasteiger partial charge on any atom is -0.357 e. The smallest absolute Gasteiger partial charge is 0.209 e. The number of aromatic nitrogens is 1. The molecule has 1 rings (SSSR count). The summed E-state index contributed by atoms with van der Waals surface area (Å²) < 4.78 is 25.3. The average Bonchev–Trinajstić information content (AvgIpc) is 2.43. The Balaban J connectivity index is 0.00000529. The zero-order valence-electron chi connectivity index (χ0n) is 14.7. The molecule has 1 aromatic heterocycles. The quantitative estimate of drug-likeness (QED) is 0.302. The molecule has 7 nitrogen and oxygen atoms in total. The Labute approximate surface area is 162 Å². The van der Waals surface area contributed by atoms with E-state index >= 15 is 0 Å². The standard InChI is InChI=1S/C15H27N5O2S.HI/c1-5-16-14(18-11-9-13-8-6-7-10-17-13)19-12-15(2,3)20-23(4,21)22;/h6-8,10,20H,5,9,11-12H2,1-4H3,(H2,16,18,19);1H. The van der Waals surface area contributed by atoms with E-state index in [1.165, 1.54) is 0 Å². The summed E-state index contributed by atoms with van der Waals surface area (Å²) in [5.74, 6) is 0.659. The lowest BCUT2D eigenvalue weighted by Crippen LogP contribution is -2.47. The summed E-state index contributed by atoms with van der Waals surface area (Å²) in [6, 6.07) is 5.82. The van der Waals surface area contributed by atoms with Crippen molar-refractivity contribution in [2.45, 2.75) is 32.7 Å². The number of nitrogens with zero attached hydrogens (tertiary/aromatic N) is 2. The van der Waals surface area contributed by atoms with E-state index in [1.807, 2.05) is 25.1 Å². The number of sulfonamides is 1. The largest absolute Gasteiger partial charge is 0.357 e. The summed E-state index contributed by atoms with van der Waals surface area (Å²) in [4.78, 5) is 8.72. The molecule has 1 heterocycles. The van der Waals surface area contributed by atoms with Crippen molar-refractivity contribution in [3.63, 3.8) is 0 Å². The average molecular weight is 469 g/mol. The van der Waals surface area contributed by atoms with Crippen LogP contribution < -0.4 is 15.4 Å². The molecule has 0 aromatic carbocycles. The molecule has 0 fully saturated rings. The predicted octanol–water partition coefficient (Wildman–Crippen LogP) is 1.12. The Hall–Kier alpha value is -0.940. The molecule has 9 heteroatoms. The molecule has 0 bridgehead atoms. The summed E-state index contributed by atoms with van der Waals surface area (Å²) in [6.07, 6.45) is 3.71. The minimum absolute atomic E-state index is 0. The molecule has 3 N–H and O–H groups in total. The highest BCUT2D eigenvalue weighted by Crippen LogP contribution is 2.04. The van der Waals surface area contributed by atoms with Crippen molar-refractivity contribution in [2.75, 3.05) is 25.9 Å². The maximum atomic E-state index is 11.3. The second kappa shape index (κ2) is 10.8. The Morgan fingerprint density at radius 2 is 2.00 bits per heavy atom. The number of halogens is 1. The molecule has 1 aromatic rings. The summed E-state index contributed by atoms with van der Waals surface area (Å²) in [7, 11) is -3.26. The Bertz CT molecular complexity index is 606. The molecule has 0 amide bonds. The molecule has 0 aliphatic rings. The van der Waals surface area contributed by atoms with E-state index in [1.54, 1.807) is 20.0 Å². The molecule has 0 spiro atoms. The van der Waals surface area contributed by atoms with Crippen LogP contribution in [0.4, 0.5) is 0 Å². The summed E-state index contributed by atoms with van der Waals surface area (Å²) in [6.45, 7) is 7.34. The van der Waals surface area contributed by atoms with E-state index in [0.29, 0.717) is 19.0 Å². The fourth-order valence-electron chi connectivity index (χ4n) is 2.01. The lowest BCUT2D eigenvalue weighted by atomic mass is 10.1. The second-order valence-corrected chi connectivity index (χ2v) is 7.70. The Kier molecular flexibility index (Phi) is 10.4. The maximum Gasteiger partial charge on any atom is 0.209 e. The molecule has 0 aliphatic carbocycles. The highest BCUT2D eigenvalue weighted by atomic mass is 127. The molecular formula is C15H28IN5O2S. The Morgan fingerprint density at radius 3 is 2.54 bits per heavy atom. The summed E-state index contributed by atoms with van der Waals surface area (Å²) in [5.41, 5.74) is 0.367. The van der Waals surface area contributed by atoms with Crippen molar-refractivity contribution >= 4 is 40.0 Å². The van der Waals surface area contributed by atoms with Crippen LogP contribution >= 0.6 is 24.0 Å². The summed E-state index contributed by atoms with van der Waals surface area (Å²) >= 11 is 0. The van der Waals surface area contributed by atoms with Crippen LogP contribution in [-0.2, 0) is 16.4 Å². The number of hydrogen-bond acceptors (Lipinski definition) is 4. The monoisotopic (exact) mass is 469 g/mol. The zero-order valence-corrected chi connectivity index (χ0v) is 17.8. The van der Waals surface area contributed by atoms with Gasteiger partial charge in [0.1, 0.15) is 0 Å². The normalized spacial score (nSPS) is 12.4. The number of guanidine groups is 1. The number of pyridine rings is 1. The molecule has 0 atom stereocenters.